The first-order valence-corrected chi connectivity index (χ1v) is 8.52. The molecule has 4 aromatic rings. The third kappa shape index (κ3) is 2.92. The van der Waals surface area contributed by atoms with Gasteiger partial charge in [-0.2, -0.15) is 22.8 Å². The van der Waals surface area contributed by atoms with Crippen molar-refractivity contribution >= 4 is 17.2 Å². The lowest BCUT2D eigenvalue weighted by atomic mass is 10.0. The van der Waals surface area contributed by atoms with Gasteiger partial charge in [0.2, 0.25) is 0 Å². The number of nitrogens with one attached hydrogen (secondary N) is 1. The Morgan fingerprint density at radius 2 is 1.86 bits per heavy atom. The number of nitrogens with zero attached hydrogens (tertiary/aromatic N) is 2. The van der Waals surface area contributed by atoms with Crippen molar-refractivity contribution in [3.63, 3.8) is 0 Å². The predicted molar refractivity (Wildman–Crippen MR) is 99.1 cm³/mol. The quantitative estimate of drug-likeness (QED) is 0.517. The Bertz CT molecular complexity index is 1240. The molecule has 0 bridgehead atoms. The van der Waals surface area contributed by atoms with Gasteiger partial charge in [0.15, 0.2) is 5.69 Å². The Kier molecular flexibility index (Phi) is 4.16. The van der Waals surface area contributed by atoms with Crippen molar-refractivity contribution < 1.29 is 13.2 Å². The average Bonchev–Trinajstić information content (AvgIpc) is 3.02. The smallest absolute Gasteiger partial charge is 0.343 e. The lowest BCUT2D eigenvalue weighted by molar-refractivity contribution is -0.140. The minimum atomic E-state index is -4.73. The first-order valence-electron chi connectivity index (χ1n) is 8.15. The van der Waals surface area contributed by atoms with Gasteiger partial charge < -0.3 is 4.98 Å². The van der Waals surface area contributed by atoms with Crippen LogP contribution in [0.15, 0.2) is 47.3 Å². The highest BCUT2D eigenvalue weighted by atomic mass is 35.5. The van der Waals surface area contributed by atoms with Gasteiger partial charge in [-0.1, -0.05) is 48.0 Å². The molecule has 0 saturated carbocycles. The van der Waals surface area contributed by atoms with Crippen molar-refractivity contribution in [3.8, 4) is 22.3 Å². The highest BCUT2D eigenvalue weighted by Crippen LogP contribution is 2.38. The number of alkyl halides is 3. The second-order valence-electron chi connectivity index (χ2n) is 6.14. The lowest BCUT2D eigenvalue weighted by Crippen LogP contribution is -2.19. The van der Waals surface area contributed by atoms with Crippen molar-refractivity contribution in [3.05, 3.63) is 81.4 Å². The molecule has 1 N–H and O–H groups in total. The second kappa shape index (κ2) is 6.43. The zero-order valence-electron chi connectivity index (χ0n) is 14.4. The normalized spacial score (nSPS) is 11.6. The largest absolute Gasteiger partial charge is 0.435 e. The van der Waals surface area contributed by atoms with Gasteiger partial charge in [-0.3, -0.25) is 4.79 Å². The van der Waals surface area contributed by atoms with E-state index in [0.717, 1.165) is 4.52 Å². The molecule has 140 valence electrons. The van der Waals surface area contributed by atoms with Crippen molar-refractivity contribution in [1.82, 2.24) is 14.6 Å². The number of benzene rings is 1. The first-order chi connectivity index (χ1) is 13.3. The zero-order valence-corrected chi connectivity index (χ0v) is 15.1. The molecule has 0 atom stereocenters. The number of H-pyrrole nitrogens is 1. The molecule has 0 aliphatic rings. The Morgan fingerprint density at radius 3 is 2.50 bits per heavy atom. The van der Waals surface area contributed by atoms with E-state index in [4.69, 9.17) is 11.6 Å². The number of aryl methyl sites for hydroxylation is 1. The Balaban J connectivity index is 2.10. The lowest BCUT2D eigenvalue weighted by Gasteiger charge is -2.08. The second-order valence-corrected chi connectivity index (χ2v) is 6.55. The molecule has 4 nitrogen and oxygen atoms in total. The van der Waals surface area contributed by atoms with E-state index in [9.17, 15) is 18.0 Å². The number of halogens is 4. The number of aromatic nitrogens is 3. The molecule has 0 aliphatic carbocycles. The summed E-state index contributed by atoms with van der Waals surface area (Å²) in [6, 6.07) is 16.3. The van der Waals surface area contributed by atoms with Gasteiger partial charge in [0.25, 0.3) is 5.56 Å². The average molecular weight is 402 g/mol. The summed E-state index contributed by atoms with van der Waals surface area (Å²) < 4.78 is 41.7. The highest BCUT2D eigenvalue weighted by molar-refractivity contribution is 6.30. The molecule has 2 heterocycles. The van der Waals surface area contributed by atoms with Gasteiger partial charge >= 0.3 is 6.18 Å². The van der Waals surface area contributed by atoms with Gasteiger partial charge in [-0.25, -0.2) is 0 Å². The molecule has 0 fully saturated rings. The van der Waals surface area contributed by atoms with Crippen molar-refractivity contribution in [1.29, 1.82) is 0 Å². The summed E-state index contributed by atoms with van der Waals surface area (Å²) in [5.41, 5.74) is -0.750. The molecule has 0 radical (unpaired) electrons. The standard InChI is InChI=1S/C20H11ClF3N3O/c1-11-15(13-8-5-9-14(21)10-13)19(28)27-18(25-11)16(12-6-3-2-4-7-12)17(26-27)20(22,23)24/h2-4,6-8,10,25H,1H3. The van der Waals surface area contributed by atoms with Crippen molar-refractivity contribution in [2.75, 3.05) is 0 Å². The van der Waals surface area contributed by atoms with Gasteiger partial charge in [0.05, 0.1) is 16.1 Å². The molecule has 0 amide bonds. The van der Waals surface area contributed by atoms with E-state index in [-0.39, 0.29) is 21.8 Å². The summed E-state index contributed by atoms with van der Waals surface area (Å²) in [5.74, 6) is 0. The summed E-state index contributed by atoms with van der Waals surface area (Å²) in [6.45, 7) is 1.61. The molecule has 4 rings (SSSR count). The van der Waals surface area contributed by atoms with Crippen molar-refractivity contribution in [2.45, 2.75) is 13.1 Å². The summed E-state index contributed by atoms with van der Waals surface area (Å²) in [5, 5.41) is 3.84. The molecule has 0 unspecified atom stereocenters. The van der Waals surface area contributed by atoms with E-state index in [1.165, 1.54) is 24.3 Å². The van der Waals surface area contributed by atoms with E-state index >= 15 is 0 Å². The summed E-state index contributed by atoms with van der Waals surface area (Å²) in [4.78, 5) is 15.9. The third-order valence-electron chi connectivity index (χ3n) is 4.29. The van der Waals surface area contributed by atoms with Gasteiger partial charge in [0, 0.05) is 5.69 Å². The van der Waals surface area contributed by atoms with Crippen LogP contribution in [0, 0.1) is 19.1 Å². The summed E-state index contributed by atoms with van der Waals surface area (Å²) in [7, 11) is 0. The van der Waals surface area contributed by atoms with Crippen LogP contribution < -0.4 is 5.56 Å². The molecule has 0 aliphatic heterocycles. The molecular formula is C20H11ClF3N3O. The Morgan fingerprint density at radius 1 is 1.14 bits per heavy atom. The maximum Gasteiger partial charge on any atom is 0.435 e. The minimum Gasteiger partial charge on any atom is -0.343 e. The van der Waals surface area contributed by atoms with Crippen LogP contribution in [0.5, 0.6) is 0 Å². The van der Waals surface area contributed by atoms with Crippen LogP contribution >= 0.6 is 11.6 Å². The van der Waals surface area contributed by atoms with Crippen molar-refractivity contribution in [2.24, 2.45) is 0 Å². The van der Waals surface area contributed by atoms with Gasteiger partial charge in [0.1, 0.15) is 5.65 Å². The minimum absolute atomic E-state index is 0.0256. The Hall–Kier alpha value is -3.24. The zero-order chi connectivity index (χ0) is 20.1. The van der Waals surface area contributed by atoms with Crippen LogP contribution in [0.2, 0.25) is 5.02 Å². The van der Waals surface area contributed by atoms with Crippen LogP contribution in [0.4, 0.5) is 13.2 Å². The van der Waals surface area contributed by atoms with Crippen LogP contribution in [0.3, 0.4) is 0 Å². The fourth-order valence-electron chi connectivity index (χ4n) is 3.14. The molecule has 2 aromatic heterocycles. The number of fused-ring (bicyclic) bond motifs is 1. The number of hydrogen-bond donors (Lipinski definition) is 1. The molecule has 2 aromatic carbocycles. The van der Waals surface area contributed by atoms with E-state index in [1.807, 2.05) is 0 Å². The molecule has 8 heteroatoms. The monoisotopic (exact) mass is 401 g/mol. The van der Waals surface area contributed by atoms with Crippen LogP contribution in [-0.2, 0) is 6.18 Å². The first kappa shape index (κ1) is 18.1. The fraction of sp³-hybridized carbons (Fsp3) is 0.100. The molecule has 0 spiro atoms. The topological polar surface area (TPSA) is 50.2 Å². The van der Waals surface area contributed by atoms with Crippen LogP contribution in [0.1, 0.15) is 11.4 Å². The number of aromatic amines is 1. The predicted octanol–water partition coefficient (Wildman–Crippen LogP) is 4.94. The van der Waals surface area contributed by atoms with Gasteiger partial charge in [-0.15, -0.1) is 0 Å². The fourth-order valence-corrected chi connectivity index (χ4v) is 3.32. The molecule has 0 saturated heterocycles. The molecule has 28 heavy (non-hydrogen) atoms. The van der Waals surface area contributed by atoms with E-state index in [2.05, 4.69) is 22.2 Å². The Labute approximate surface area is 162 Å². The summed E-state index contributed by atoms with van der Waals surface area (Å²) in [6.07, 6.45) is -4.73. The van der Waals surface area contributed by atoms with Crippen LogP contribution in [-0.4, -0.2) is 14.6 Å². The number of hydrogen-bond acceptors (Lipinski definition) is 2. The molecular weight excluding hydrogens is 391 g/mol. The highest BCUT2D eigenvalue weighted by Gasteiger charge is 2.39. The van der Waals surface area contributed by atoms with E-state index in [0.29, 0.717) is 16.8 Å². The maximum absolute atomic E-state index is 13.7. The number of rotatable bonds is 2. The van der Waals surface area contributed by atoms with Gasteiger partial charge in [-0.05, 0) is 36.2 Å². The van der Waals surface area contributed by atoms with E-state index < -0.39 is 17.4 Å². The summed E-state index contributed by atoms with van der Waals surface area (Å²) >= 11 is 5.92. The third-order valence-corrected chi connectivity index (χ3v) is 4.50. The maximum atomic E-state index is 13.7. The van der Waals surface area contributed by atoms with E-state index in [1.54, 1.807) is 25.1 Å². The SMILES string of the molecule is Cc1[nH]c2c(-c3ccccc3)c(C(F)(F)F)nn2c(=O)c1-c1cc#cc(Cl)c1. The van der Waals surface area contributed by atoms with Crippen LogP contribution in [0.25, 0.3) is 27.9 Å².